The monoisotopic (exact) mass is 280 g/mol. The molecule has 0 N–H and O–H groups in total. The first kappa shape index (κ1) is 15.2. The van der Waals surface area contributed by atoms with Crippen LogP contribution in [0.5, 0.6) is 0 Å². The summed E-state index contributed by atoms with van der Waals surface area (Å²) in [7, 11) is 0. The average Bonchev–Trinajstić information content (AvgIpc) is 2.79. The molecule has 0 unspecified atom stereocenters. The molecule has 0 fully saturated rings. The third-order valence-electron chi connectivity index (χ3n) is 2.46. The van der Waals surface area contributed by atoms with Crippen molar-refractivity contribution < 1.29 is 14.3 Å². The van der Waals surface area contributed by atoms with Crippen molar-refractivity contribution in [1.29, 1.82) is 5.26 Å². The van der Waals surface area contributed by atoms with Crippen LogP contribution >= 0.6 is 11.3 Å². The summed E-state index contributed by atoms with van der Waals surface area (Å²) in [5, 5.41) is 11.4. The largest absolute Gasteiger partial charge is 0.466 e. The number of nitriles is 1. The topological polar surface area (TPSA) is 70.4 Å². The summed E-state index contributed by atoms with van der Waals surface area (Å²) in [4.78, 5) is 24.7. The summed E-state index contributed by atoms with van der Waals surface area (Å²) in [6, 6.07) is 3.86. The lowest BCUT2D eigenvalue weighted by atomic mass is 10.2. The zero-order valence-corrected chi connectivity index (χ0v) is 11.8. The molecule has 0 bridgehead atoms. The van der Waals surface area contributed by atoms with Crippen LogP contribution in [-0.4, -0.2) is 25.0 Å². The summed E-state index contributed by atoms with van der Waals surface area (Å²) in [6.07, 6.45) is 0.0941. The summed E-state index contributed by atoms with van der Waals surface area (Å²) < 4.78 is 4.77. The summed E-state index contributed by atoms with van der Waals surface area (Å²) >= 11 is 1.41. The number of esters is 1. The van der Waals surface area contributed by atoms with Gasteiger partial charge in [0.05, 0.1) is 19.1 Å². The quantitative estimate of drug-likeness (QED) is 0.592. The van der Waals surface area contributed by atoms with Crippen LogP contribution in [-0.2, 0) is 14.3 Å². The molecule has 0 aromatic carbocycles. The molecular weight excluding hydrogens is 264 g/mol. The van der Waals surface area contributed by atoms with E-state index < -0.39 is 5.97 Å². The summed E-state index contributed by atoms with van der Waals surface area (Å²) in [6.45, 7) is 3.90. The molecule has 0 spiro atoms. The maximum Gasteiger partial charge on any atom is 0.306 e. The lowest BCUT2D eigenvalue weighted by Gasteiger charge is -2.18. The standard InChI is InChI=1S/C13H16N2O3S/c1-3-18-12(17)5-4-11(16)15(8-7-14)13-10(2)6-9-19-13/h6,9H,3-5,8H2,1-2H3. The van der Waals surface area contributed by atoms with Gasteiger partial charge in [0, 0.05) is 6.42 Å². The second-order valence-electron chi connectivity index (χ2n) is 3.85. The molecule has 0 aliphatic heterocycles. The van der Waals surface area contributed by atoms with E-state index in [0.717, 1.165) is 10.6 Å². The van der Waals surface area contributed by atoms with Crippen molar-refractivity contribution in [3.8, 4) is 6.07 Å². The van der Waals surface area contributed by atoms with Crippen molar-refractivity contribution in [3.05, 3.63) is 17.0 Å². The molecule has 0 aliphatic rings. The predicted octanol–water partition coefficient (Wildman–Crippen LogP) is 2.26. The fourth-order valence-corrected chi connectivity index (χ4v) is 2.51. The second kappa shape index (κ2) is 7.54. The lowest BCUT2D eigenvalue weighted by molar-refractivity contribution is -0.144. The fourth-order valence-electron chi connectivity index (χ4n) is 1.56. The molecule has 102 valence electrons. The van der Waals surface area contributed by atoms with Crippen molar-refractivity contribution in [1.82, 2.24) is 0 Å². The molecule has 0 saturated carbocycles. The van der Waals surface area contributed by atoms with Gasteiger partial charge in [0.15, 0.2) is 0 Å². The first-order valence-electron chi connectivity index (χ1n) is 5.97. The van der Waals surface area contributed by atoms with Gasteiger partial charge in [-0.1, -0.05) is 0 Å². The SMILES string of the molecule is CCOC(=O)CCC(=O)N(CC#N)c1sccc1C. The van der Waals surface area contributed by atoms with Gasteiger partial charge >= 0.3 is 5.97 Å². The van der Waals surface area contributed by atoms with Crippen LogP contribution in [0.1, 0.15) is 25.3 Å². The average molecular weight is 280 g/mol. The third kappa shape index (κ3) is 4.38. The van der Waals surface area contributed by atoms with E-state index in [1.807, 2.05) is 24.4 Å². The summed E-state index contributed by atoms with van der Waals surface area (Å²) in [5.74, 6) is -0.629. The Hall–Kier alpha value is -1.87. The number of amides is 1. The first-order valence-corrected chi connectivity index (χ1v) is 6.85. The Morgan fingerprint density at radius 3 is 2.74 bits per heavy atom. The molecule has 1 heterocycles. The Kier molecular flexibility index (Phi) is 6.03. The van der Waals surface area contributed by atoms with Crippen LogP contribution in [0.3, 0.4) is 0 Å². The molecule has 0 aliphatic carbocycles. The van der Waals surface area contributed by atoms with Crippen LogP contribution in [0.4, 0.5) is 5.00 Å². The number of rotatable bonds is 6. The highest BCUT2D eigenvalue weighted by Crippen LogP contribution is 2.27. The minimum atomic E-state index is -0.393. The molecule has 0 saturated heterocycles. The smallest absolute Gasteiger partial charge is 0.306 e. The Labute approximate surface area is 116 Å². The van der Waals surface area contributed by atoms with Crippen molar-refractivity contribution >= 4 is 28.2 Å². The van der Waals surface area contributed by atoms with Gasteiger partial charge in [-0.2, -0.15) is 5.26 Å². The van der Waals surface area contributed by atoms with Gasteiger partial charge < -0.3 is 4.74 Å². The third-order valence-corrected chi connectivity index (χ3v) is 3.50. The Balaban J connectivity index is 2.67. The van der Waals surface area contributed by atoms with E-state index in [1.165, 1.54) is 16.2 Å². The van der Waals surface area contributed by atoms with Gasteiger partial charge in [-0.05, 0) is 30.9 Å². The molecule has 1 aromatic rings. The maximum absolute atomic E-state index is 12.1. The van der Waals surface area contributed by atoms with Gasteiger partial charge in [-0.3, -0.25) is 14.5 Å². The van der Waals surface area contributed by atoms with E-state index in [0.29, 0.717) is 6.61 Å². The minimum Gasteiger partial charge on any atom is -0.466 e. The van der Waals surface area contributed by atoms with E-state index in [1.54, 1.807) is 6.92 Å². The number of anilines is 1. The zero-order chi connectivity index (χ0) is 14.3. The van der Waals surface area contributed by atoms with E-state index >= 15 is 0 Å². The highest BCUT2D eigenvalue weighted by molar-refractivity contribution is 7.14. The molecular formula is C13H16N2O3S. The molecule has 19 heavy (non-hydrogen) atoms. The van der Waals surface area contributed by atoms with Gasteiger partial charge in [0.25, 0.3) is 0 Å². The van der Waals surface area contributed by atoms with Crippen LogP contribution in [0.15, 0.2) is 11.4 Å². The Morgan fingerprint density at radius 2 is 2.21 bits per heavy atom. The van der Waals surface area contributed by atoms with Crippen molar-refractivity contribution in [3.63, 3.8) is 0 Å². The molecule has 1 aromatic heterocycles. The number of carbonyl (C=O) groups is 2. The lowest BCUT2D eigenvalue weighted by Crippen LogP contribution is -2.31. The number of hydrogen-bond acceptors (Lipinski definition) is 5. The summed E-state index contributed by atoms with van der Waals surface area (Å²) in [5.41, 5.74) is 0.949. The number of aryl methyl sites for hydroxylation is 1. The minimum absolute atomic E-state index is 0.0109. The number of hydrogen-bond donors (Lipinski definition) is 0. The first-order chi connectivity index (χ1) is 9.10. The molecule has 0 atom stereocenters. The van der Waals surface area contributed by atoms with Gasteiger partial charge in [0.1, 0.15) is 11.5 Å². The number of thiophene rings is 1. The highest BCUT2D eigenvalue weighted by atomic mass is 32.1. The van der Waals surface area contributed by atoms with Gasteiger partial charge in [-0.25, -0.2) is 0 Å². The van der Waals surface area contributed by atoms with Crippen molar-refractivity contribution in [2.75, 3.05) is 18.1 Å². The number of carbonyl (C=O) groups excluding carboxylic acids is 2. The van der Waals surface area contributed by atoms with E-state index in [2.05, 4.69) is 0 Å². The van der Waals surface area contributed by atoms with E-state index in [4.69, 9.17) is 10.00 Å². The Morgan fingerprint density at radius 1 is 1.47 bits per heavy atom. The molecule has 0 radical (unpaired) electrons. The molecule has 1 rings (SSSR count). The van der Waals surface area contributed by atoms with Crippen LogP contribution in [0, 0.1) is 18.3 Å². The highest BCUT2D eigenvalue weighted by Gasteiger charge is 2.19. The van der Waals surface area contributed by atoms with Crippen LogP contribution in [0.2, 0.25) is 0 Å². The normalized spacial score (nSPS) is 9.74. The van der Waals surface area contributed by atoms with E-state index in [-0.39, 0.29) is 25.3 Å². The second-order valence-corrected chi connectivity index (χ2v) is 4.75. The van der Waals surface area contributed by atoms with Crippen LogP contribution < -0.4 is 4.90 Å². The van der Waals surface area contributed by atoms with Gasteiger partial charge in [-0.15, -0.1) is 11.3 Å². The fraction of sp³-hybridized carbons (Fsp3) is 0.462. The predicted molar refractivity (Wildman–Crippen MR) is 72.9 cm³/mol. The molecule has 6 heteroatoms. The molecule has 5 nitrogen and oxygen atoms in total. The van der Waals surface area contributed by atoms with Crippen LogP contribution in [0.25, 0.3) is 0 Å². The van der Waals surface area contributed by atoms with Crippen molar-refractivity contribution in [2.45, 2.75) is 26.7 Å². The zero-order valence-electron chi connectivity index (χ0n) is 11.0. The van der Waals surface area contributed by atoms with Crippen molar-refractivity contribution in [2.24, 2.45) is 0 Å². The van der Waals surface area contributed by atoms with Gasteiger partial charge in [0.2, 0.25) is 5.91 Å². The maximum atomic E-state index is 12.1. The molecule has 1 amide bonds. The Bertz CT molecular complexity index is 490. The van der Waals surface area contributed by atoms with E-state index in [9.17, 15) is 9.59 Å². The number of nitrogens with zero attached hydrogens (tertiary/aromatic N) is 2. The number of ether oxygens (including phenoxy) is 1.